The van der Waals surface area contributed by atoms with Gasteiger partial charge in [-0.1, -0.05) is 83.3 Å². The normalized spacial score (nSPS) is 11.2. The van der Waals surface area contributed by atoms with Crippen LogP contribution in [-0.4, -0.2) is 42.1 Å². The number of hydrogen-bond acceptors (Lipinski definition) is 3. The van der Waals surface area contributed by atoms with Crippen molar-refractivity contribution < 1.29 is 33.4 Å². The molecule has 0 saturated heterocycles. The summed E-state index contributed by atoms with van der Waals surface area (Å²) in [5, 5.41) is 14.5. The predicted molar refractivity (Wildman–Crippen MR) is 134 cm³/mol. The van der Waals surface area contributed by atoms with E-state index in [1.54, 1.807) is 18.2 Å². The first-order chi connectivity index (χ1) is 15.1. The van der Waals surface area contributed by atoms with Gasteiger partial charge in [-0.25, -0.2) is 0 Å². The van der Waals surface area contributed by atoms with Crippen LogP contribution in [0.3, 0.4) is 0 Å². The van der Waals surface area contributed by atoms with E-state index >= 15 is 0 Å². The molecular formula is C26H48IN3O2. The largest absolute Gasteiger partial charge is 1.00 e. The first-order valence-electron chi connectivity index (χ1n) is 12.9. The van der Waals surface area contributed by atoms with E-state index < -0.39 is 0 Å². The number of anilines is 1. The van der Waals surface area contributed by atoms with Crippen molar-refractivity contribution in [1.29, 1.82) is 0 Å². The van der Waals surface area contributed by atoms with Crippen LogP contribution in [0.1, 0.15) is 97.8 Å². The molecule has 0 unspecified atom stereocenters. The minimum atomic E-state index is -0.309. The van der Waals surface area contributed by atoms with Gasteiger partial charge in [0.15, 0.2) is 0 Å². The lowest BCUT2D eigenvalue weighted by Gasteiger charge is -2.37. The number of nitrogens with one attached hydrogen (secondary N) is 1. The molecule has 186 valence electrons. The fourth-order valence-electron chi connectivity index (χ4n) is 4.47. The number of nitro benzene ring substituents is 1. The quantitative estimate of drug-likeness (QED) is 0.0835. The summed E-state index contributed by atoms with van der Waals surface area (Å²) in [5.74, 6) is 0. The van der Waals surface area contributed by atoms with E-state index in [1.165, 1.54) is 83.6 Å². The molecule has 1 rings (SSSR count). The van der Waals surface area contributed by atoms with E-state index in [9.17, 15) is 10.1 Å². The number of para-hydroxylation sites is 2. The molecule has 0 aliphatic heterocycles. The summed E-state index contributed by atoms with van der Waals surface area (Å²) in [6.45, 7) is 12.1. The standard InChI is InChI=1S/C26H48N3O2.HI/c1-4-7-8-9-10-11-12-13-14-15-16-19-23-29(5-2,6-3)24-22-27-25-20-17-18-21-26(25)28(30)31;/h17-18,20-21,27H,4-16,19,22-24H2,1-3H3;1H/q+1;/p-1. The van der Waals surface area contributed by atoms with Crippen molar-refractivity contribution in [3.05, 3.63) is 34.4 Å². The van der Waals surface area contributed by atoms with Gasteiger partial charge >= 0.3 is 0 Å². The van der Waals surface area contributed by atoms with Crippen LogP contribution in [-0.2, 0) is 0 Å². The lowest BCUT2D eigenvalue weighted by atomic mass is 10.0. The Morgan fingerprint density at radius 2 is 1.28 bits per heavy atom. The van der Waals surface area contributed by atoms with E-state index in [4.69, 9.17) is 0 Å². The van der Waals surface area contributed by atoms with Crippen LogP contribution in [0.4, 0.5) is 11.4 Å². The molecule has 0 atom stereocenters. The number of likely N-dealkylation sites (N-methyl/N-ethyl adjacent to an activating group) is 1. The molecule has 0 amide bonds. The molecule has 0 saturated carbocycles. The van der Waals surface area contributed by atoms with Crippen molar-refractivity contribution in [2.45, 2.75) is 97.8 Å². The number of unbranched alkanes of at least 4 members (excludes halogenated alkanes) is 11. The first kappa shape index (κ1) is 31.1. The van der Waals surface area contributed by atoms with Crippen LogP contribution in [0.25, 0.3) is 0 Å². The minimum Gasteiger partial charge on any atom is -1.00 e. The maximum atomic E-state index is 11.2. The zero-order chi connectivity index (χ0) is 22.8. The Labute approximate surface area is 214 Å². The molecule has 0 aliphatic carbocycles. The summed E-state index contributed by atoms with van der Waals surface area (Å²) < 4.78 is 1.09. The SMILES string of the molecule is CCCCCCCCCCCCCC[N+](CC)(CC)CCNc1ccccc1[N+](=O)[O-].[I-]. The van der Waals surface area contributed by atoms with Crippen molar-refractivity contribution in [2.24, 2.45) is 0 Å². The molecule has 1 aromatic rings. The second-order valence-corrected chi connectivity index (χ2v) is 9.01. The van der Waals surface area contributed by atoms with Gasteiger partial charge in [0.25, 0.3) is 5.69 Å². The van der Waals surface area contributed by atoms with Gasteiger partial charge in [0.1, 0.15) is 5.69 Å². The third kappa shape index (κ3) is 13.0. The monoisotopic (exact) mass is 561 g/mol. The van der Waals surface area contributed by atoms with Gasteiger partial charge in [0, 0.05) is 6.07 Å². The van der Waals surface area contributed by atoms with Crippen LogP contribution in [0.15, 0.2) is 24.3 Å². The number of rotatable bonds is 20. The number of hydrogen-bond donors (Lipinski definition) is 1. The molecule has 0 aliphatic rings. The molecule has 32 heavy (non-hydrogen) atoms. The number of nitro groups is 1. The third-order valence-corrected chi connectivity index (χ3v) is 6.83. The molecule has 1 aromatic carbocycles. The average Bonchev–Trinajstić information content (AvgIpc) is 2.79. The zero-order valence-corrected chi connectivity index (χ0v) is 23.1. The Morgan fingerprint density at radius 3 is 1.78 bits per heavy atom. The van der Waals surface area contributed by atoms with Crippen LogP contribution in [0, 0.1) is 10.1 Å². The highest BCUT2D eigenvalue weighted by Crippen LogP contribution is 2.23. The highest BCUT2D eigenvalue weighted by Gasteiger charge is 2.22. The second-order valence-electron chi connectivity index (χ2n) is 9.01. The molecule has 5 nitrogen and oxygen atoms in total. The molecule has 6 heteroatoms. The smallest absolute Gasteiger partial charge is 0.292 e. The summed E-state index contributed by atoms with van der Waals surface area (Å²) in [7, 11) is 0. The highest BCUT2D eigenvalue weighted by atomic mass is 127. The van der Waals surface area contributed by atoms with E-state index in [-0.39, 0.29) is 34.6 Å². The van der Waals surface area contributed by atoms with Gasteiger partial charge in [0.2, 0.25) is 0 Å². The van der Waals surface area contributed by atoms with Crippen LogP contribution < -0.4 is 29.3 Å². The van der Waals surface area contributed by atoms with E-state index in [1.807, 2.05) is 6.07 Å². The van der Waals surface area contributed by atoms with Crippen molar-refractivity contribution in [2.75, 3.05) is 38.0 Å². The molecule has 0 aromatic heterocycles. The van der Waals surface area contributed by atoms with E-state index in [2.05, 4.69) is 26.1 Å². The molecule has 1 N–H and O–H groups in total. The van der Waals surface area contributed by atoms with Crippen molar-refractivity contribution in [3.8, 4) is 0 Å². The topological polar surface area (TPSA) is 55.2 Å². The van der Waals surface area contributed by atoms with Crippen molar-refractivity contribution in [1.82, 2.24) is 0 Å². The van der Waals surface area contributed by atoms with Crippen molar-refractivity contribution >= 4 is 11.4 Å². The molecular weight excluding hydrogens is 513 g/mol. The fourth-order valence-corrected chi connectivity index (χ4v) is 4.47. The van der Waals surface area contributed by atoms with Gasteiger partial charge in [-0.3, -0.25) is 10.1 Å². The Balaban J connectivity index is 0.00000961. The van der Waals surface area contributed by atoms with Crippen LogP contribution >= 0.6 is 0 Å². The summed E-state index contributed by atoms with van der Waals surface area (Å²) in [4.78, 5) is 10.9. The predicted octanol–water partition coefficient (Wildman–Crippen LogP) is 4.57. The molecule has 0 spiro atoms. The molecule has 0 fully saturated rings. The Hall–Kier alpha value is -0.890. The lowest BCUT2D eigenvalue weighted by Crippen LogP contribution is -3.00. The van der Waals surface area contributed by atoms with Gasteiger partial charge in [0.05, 0.1) is 37.6 Å². The first-order valence-corrected chi connectivity index (χ1v) is 12.9. The van der Waals surface area contributed by atoms with Gasteiger partial charge in [-0.05, 0) is 32.8 Å². The number of nitrogens with zero attached hydrogens (tertiary/aromatic N) is 2. The summed E-state index contributed by atoms with van der Waals surface area (Å²) in [6.07, 6.45) is 16.6. The zero-order valence-electron chi connectivity index (χ0n) is 20.9. The molecule has 0 bridgehead atoms. The van der Waals surface area contributed by atoms with Crippen LogP contribution in [0.5, 0.6) is 0 Å². The van der Waals surface area contributed by atoms with Crippen molar-refractivity contribution in [3.63, 3.8) is 0 Å². The fraction of sp³-hybridized carbons (Fsp3) is 0.769. The van der Waals surface area contributed by atoms with Gasteiger partial charge < -0.3 is 33.8 Å². The Morgan fingerprint density at radius 1 is 0.781 bits per heavy atom. The summed E-state index contributed by atoms with van der Waals surface area (Å²) in [5.41, 5.74) is 0.790. The number of benzene rings is 1. The van der Waals surface area contributed by atoms with Crippen LogP contribution in [0.2, 0.25) is 0 Å². The maximum Gasteiger partial charge on any atom is 0.292 e. The number of quaternary nitrogens is 1. The minimum absolute atomic E-state index is 0. The molecule has 0 heterocycles. The summed E-state index contributed by atoms with van der Waals surface area (Å²) >= 11 is 0. The third-order valence-electron chi connectivity index (χ3n) is 6.83. The van der Waals surface area contributed by atoms with Gasteiger partial charge in [-0.15, -0.1) is 0 Å². The Bertz CT molecular complexity index is 594. The summed E-state index contributed by atoms with van der Waals surface area (Å²) in [6, 6.07) is 6.94. The Kier molecular flexibility index (Phi) is 19.0. The number of halogens is 1. The highest BCUT2D eigenvalue weighted by molar-refractivity contribution is 5.60. The second kappa shape index (κ2) is 19.6. The van der Waals surface area contributed by atoms with E-state index in [0.29, 0.717) is 5.69 Å². The van der Waals surface area contributed by atoms with E-state index in [0.717, 1.165) is 30.7 Å². The van der Waals surface area contributed by atoms with Gasteiger partial charge in [-0.2, -0.15) is 0 Å². The average molecular weight is 562 g/mol. The lowest BCUT2D eigenvalue weighted by molar-refractivity contribution is -0.923. The molecule has 0 radical (unpaired) electrons. The maximum absolute atomic E-state index is 11.2.